The summed E-state index contributed by atoms with van der Waals surface area (Å²) in [6.45, 7) is 4.61. The summed E-state index contributed by atoms with van der Waals surface area (Å²) in [6, 6.07) is -4.99. The van der Waals surface area contributed by atoms with Gasteiger partial charge in [0.15, 0.2) is 0 Å². The van der Waals surface area contributed by atoms with Crippen molar-refractivity contribution < 1.29 is 83.1 Å². The van der Waals surface area contributed by atoms with Crippen LogP contribution in [-0.2, 0) is 59.2 Å². The van der Waals surface area contributed by atoms with Crippen molar-refractivity contribution in [1.82, 2.24) is 47.9 Å². The van der Waals surface area contributed by atoms with Crippen LogP contribution in [0.2, 0.25) is 0 Å². The smallest absolute Gasteiger partial charge is 0.405 e. The van der Waals surface area contributed by atoms with Crippen LogP contribution in [0.1, 0.15) is 65.9 Å². The minimum absolute atomic E-state index is 0.217. The number of amides is 11. The summed E-state index contributed by atoms with van der Waals surface area (Å²) < 4.78 is 0. The number of primary amides is 2. The number of carbonyl (C=O) groups excluding carboxylic acids is 10. The maximum absolute atomic E-state index is 13.7. The fraction of sp³-hybridized carbons (Fsp3) is 0.561. The van der Waals surface area contributed by atoms with Gasteiger partial charge >= 0.3 is 12.1 Å². The van der Waals surface area contributed by atoms with E-state index in [9.17, 15) is 78.0 Å². The second-order valence-corrected chi connectivity index (χ2v) is 16.1. The molecule has 0 aromatic heterocycles. The first-order valence-corrected chi connectivity index (χ1v) is 21.4. The maximum atomic E-state index is 13.7. The number of aliphatic hydroxyl groups is 3. The van der Waals surface area contributed by atoms with Gasteiger partial charge in [0.1, 0.15) is 48.3 Å². The van der Waals surface area contributed by atoms with E-state index in [0.717, 1.165) is 20.8 Å². The molecule has 18 N–H and O–H groups in total. The van der Waals surface area contributed by atoms with Crippen molar-refractivity contribution in [2.45, 2.75) is 127 Å². The van der Waals surface area contributed by atoms with E-state index in [0.29, 0.717) is 5.56 Å². The highest BCUT2D eigenvalue weighted by molar-refractivity contribution is 5.98. The number of rotatable bonds is 30. The number of nitrogens with two attached hydrogens (primary N) is 2. The Hall–Kier alpha value is -7.46. The Balaban J connectivity index is 3.28. The van der Waals surface area contributed by atoms with Gasteiger partial charge in [-0.25, -0.2) is 4.79 Å². The highest BCUT2D eigenvalue weighted by atomic mass is 16.4. The number of carboxylic acid groups (broad SMARTS) is 2. The highest BCUT2D eigenvalue weighted by Crippen LogP contribution is 2.09. The zero-order chi connectivity index (χ0) is 52.7. The van der Waals surface area contributed by atoms with Crippen molar-refractivity contribution in [1.29, 1.82) is 0 Å². The lowest BCUT2D eigenvalue weighted by molar-refractivity contribution is -0.139. The number of aliphatic carboxylic acids is 1. The fourth-order valence-corrected chi connectivity index (χ4v) is 6.09. The predicted octanol–water partition coefficient (Wildman–Crippen LogP) is -6.58. The minimum atomic E-state index is -1.79. The maximum Gasteiger partial charge on any atom is 0.405 e. The lowest BCUT2D eigenvalue weighted by atomic mass is 10.0. The average Bonchev–Trinajstić information content (AvgIpc) is 3.26. The highest BCUT2D eigenvalue weighted by Gasteiger charge is 2.36. The normalized spacial score (nSPS) is 15.3. The number of aliphatic hydroxyl groups excluding tert-OH is 3. The van der Waals surface area contributed by atoms with Crippen LogP contribution in [0.5, 0.6) is 0 Å². The average molecular weight is 982 g/mol. The SMILES string of the molecule is CC(C)[C@H](NC(=O)[C@H](CO)NC(=O)[C@H](Cc1ccccc1)NC(=O)[C@@H](NC(=O)O)[C@@H](C)O)C(=O)N[C@@H](CCC(=O)O)C(=O)N[C@@H](C)C(=O)N[C@@H](CCC(N)=O)C(=O)N[C@H](C(=O)NCC(N)=O)[C@@H](C)O. The number of hydrogen-bond acceptors (Lipinski definition) is 15. The summed E-state index contributed by atoms with van der Waals surface area (Å²) in [5.74, 6) is -12.7. The number of benzene rings is 1. The van der Waals surface area contributed by atoms with E-state index < -0.39 is 176 Å². The van der Waals surface area contributed by atoms with Crippen LogP contribution in [0.15, 0.2) is 30.3 Å². The molecule has 0 saturated carbocycles. The summed E-state index contributed by atoms with van der Waals surface area (Å²) >= 11 is 0. The molecule has 0 bridgehead atoms. The van der Waals surface area contributed by atoms with Crippen molar-refractivity contribution >= 4 is 71.1 Å². The first kappa shape index (κ1) is 59.6. The molecule has 28 nitrogen and oxygen atoms in total. The number of hydrogen-bond donors (Lipinski definition) is 16. The van der Waals surface area contributed by atoms with Gasteiger partial charge in [0, 0.05) is 19.3 Å². The molecule has 69 heavy (non-hydrogen) atoms. The fourth-order valence-electron chi connectivity index (χ4n) is 6.09. The summed E-state index contributed by atoms with van der Waals surface area (Å²) in [5, 5.41) is 68.8. The number of nitrogens with one attached hydrogen (secondary N) is 9. The molecule has 0 heterocycles. The molecule has 0 unspecified atom stereocenters. The van der Waals surface area contributed by atoms with Crippen LogP contribution in [-0.4, -0.2) is 170 Å². The monoisotopic (exact) mass is 981 g/mol. The number of carboxylic acids is 1. The second-order valence-electron chi connectivity index (χ2n) is 16.1. The molecule has 0 aliphatic heterocycles. The Bertz CT molecular complexity index is 2000. The molecular formula is C41H63N11O17. The molecule has 0 saturated heterocycles. The van der Waals surface area contributed by atoms with Crippen LogP contribution in [0.3, 0.4) is 0 Å². The summed E-state index contributed by atoms with van der Waals surface area (Å²) in [7, 11) is 0. The third-order valence-electron chi connectivity index (χ3n) is 9.87. The van der Waals surface area contributed by atoms with E-state index in [1.165, 1.54) is 13.8 Å². The van der Waals surface area contributed by atoms with Gasteiger partial charge in [-0.1, -0.05) is 44.2 Å². The first-order valence-electron chi connectivity index (χ1n) is 21.4. The van der Waals surface area contributed by atoms with E-state index in [4.69, 9.17) is 16.6 Å². The van der Waals surface area contributed by atoms with Gasteiger partial charge in [-0.15, -0.1) is 0 Å². The van der Waals surface area contributed by atoms with Crippen LogP contribution < -0.4 is 59.3 Å². The van der Waals surface area contributed by atoms with Crippen molar-refractivity contribution in [3.8, 4) is 0 Å². The lowest BCUT2D eigenvalue weighted by Crippen LogP contribution is -2.62. The summed E-state index contributed by atoms with van der Waals surface area (Å²) in [6.07, 6.45) is -7.14. The van der Waals surface area contributed by atoms with Crippen molar-refractivity contribution in [3.05, 3.63) is 35.9 Å². The lowest BCUT2D eigenvalue weighted by Gasteiger charge is -2.28. The van der Waals surface area contributed by atoms with Gasteiger partial charge in [0.2, 0.25) is 59.1 Å². The predicted molar refractivity (Wildman–Crippen MR) is 237 cm³/mol. The van der Waals surface area contributed by atoms with Gasteiger partial charge in [-0.3, -0.25) is 52.7 Å². The van der Waals surface area contributed by atoms with Crippen molar-refractivity contribution in [2.24, 2.45) is 17.4 Å². The van der Waals surface area contributed by atoms with Gasteiger partial charge in [-0.2, -0.15) is 0 Å². The topological polar surface area (TPSA) is 466 Å². The molecule has 28 heteroatoms. The van der Waals surface area contributed by atoms with E-state index in [1.54, 1.807) is 30.3 Å². The van der Waals surface area contributed by atoms with Crippen LogP contribution in [0, 0.1) is 5.92 Å². The molecule has 0 aliphatic rings. The number of carbonyl (C=O) groups is 12. The molecule has 1 aromatic carbocycles. The Morgan fingerprint density at radius 3 is 1.45 bits per heavy atom. The molecule has 1 aromatic rings. The quantitative estimate of drug-likeness (QED) is 0.0341. The molecule has 11 amide bonds. The zero-order valence-corrected chi connectivity index (χ0v) is 38.5. The Labute approximate surface area is 395 Å². The second kappa shape index (κ2) is 29.3. The van der Waals surface area contributed by atoms with Crippen LogP contribution >= 0.6 is 0 Å². The van der Waals surface area contributed by atoms with Gasteiger partial charge in [-0.05, 0) is 45.1 Å². The third kappa shape index (κ3) is 21.8. The van der Waals surface area contributed by atoms with Gasteiger partial charge in [0.25, 0.3) is 0 Å². The molecular weight excluding hydrogens is 919 g/mol. The van der Waals surface area contributed by atoms with Crippen molar-refractivity contribution in [2.75, 3.05) is 13.2 Å². The van der Waals surface area contributed by atoms with E-state index in [1.807, 2.05) is 5.32 Å². The van der Waals surface area contributed by atoms with Crippen molar-refractivity contribution in [3.63, 3.8) is 0 Å². The molecule has 1 rings (SSSR count). The molecule has 384 valence electrons. The van der Waals surface area contributed by atoms with Gasteiger partial charge < -0.3 is 84.9 Å². The van der Waals surface area contributed by atoms with E-state index in [2.05, 4.69) is 42.5 Å². The largest absolute Gasteiger partial charge is 0.481 e. The molecule has 0 aliphatic carbocycles. The van der Waals surface area contributed by atoms with Crippen LogP contribution in [0.4, 0.5) is 4.79 Å². The van der Waals surface area contributed by atoms with Crippen LogP contribution in [0.25, 0.3) is 0 Å². The third-order valence-corrected chi connectivity index (χ3v) is 9.87. The van der Waals surface area contributed by atoms with E-state index >= 15 is 0 Å². The molecule has 0 spiro atoms. The molecule has 0 radical (unpaired) electrons. The zero-order valence-electron chi connectivity index (χ0n) is 38.5. The summed E-state index contributed by atoms with van der Waals surface area (Å²) in [4.78, 5) is 152. The standard InChI is InChI=1S/C41H63N11O17/c1-18(2)30(50-37(64)26(17-53)49-36(63)25(15-22-9-7-6-8-10-22)48-40(67)32(21(5)55)52-41(68)69)39(66)47-24(12-14-29(58)59)34(61)45-19(3)33(60)46-23(11-13-27(42)56)35(62)51-31(20(4)54)38(65)44-16-28(43)57/h6-10,18-21,23-26,30-32,52-55H,11-17H2,1-5H3,(H2,42,56)(H2,43,57)(H,44,65)(H,45,61)(H,46,60)(H,47,66)(H,48,67)(H,49,63)(H,50,64)(H,51,62)(H,58,59)(H,68,69)/t19-,20+,21+,23-,24-,25-,26-,30-,31-,32-/m0/s1. The Kier molecular flexibility index (Phi) is 25.3. The Morgan fingerprint density at radius 2 is 0.957 bits per heavy atom. The Morgan fingerprint density at radius 1 is 0.507 bits per heavy atom. The summed E-state index contributed by atoms with van der Waals surface area (Å²) in [5.41, 5.74) is 10.7. The minimum Gasteiger partial charge on any atom is -0.481 e. The van der Waals surface area contributed by atoms with Gasteiger partial charge in [0.05, 0.1) is 25.4 Å². The van der Waals surface area contributed by atoms with E-state index in [-0.39, 0.29) is 6.42 Å². The first-order chi connectivity index (χ1) is 32.2. The molecule has 10 atom stereocenters. The molecule has 0 fully saturated rings.